The lowest BCUT2D eigenvalue weighted by Crippen LogP contribution is -2.39. The van der Waals surface area contributed by atoms with E-state index in [0.29, 0.717) is 35.7 Å². The number of benzodiazepines with no additional fused rings is 1. The molecule has 5 rings (SSSR count). The van der Waals surface area contributed by atoms with Gasteiger partial charge in [0.05, 0.1) is 23.4 Å². The summed E-state index contributed by atoms with van der Waals surface area (Å²) >= 11 is 6.34. The van der Waals surface area contributed by atoms with Crippen molar-refractivity contribution < 1.29 is 9.59 Å². The molecule has 0 fully saturated rings. The summed E-state index contributed by atoms with van der Waals surface area (Å²) in [6.07, 6.45) is 0.621. The van der Waals surface area contributed by atoms with Crippen LogP contribution < -0.4 is 4.90 Å². The molecule has 160 valence electrons. The molecule has 6 heteroatoms. The number of aliphatic imine (C=N–C) groups is 1. The number of hydrogen-bond acceptors (Lipinski definition) is 4. The van der Waals surface area contributed by atoms with Gasteiger partial charge in [-0.1, -0.05) is 54.1 Å². The Morgan fingerprint density at radius 3 is 2.25 bits per heavy atom. The minimum absolute atomic E-state index is 0.0282. The van der Waals surface area contributed by atoms with E-state index in [4.69, 9.17) is 16.6 Å². The second kappa shape index (κ2) is 8.24. The van der Waals surface area contributed by atoms with Crippen LogP contribution in [0.2, 0.25) is 5.02 Å². The number of nitrogens with zero attached hydrogens (tertiary/aromatic N) is 3. The van der Waals surface area contributed by atoms with Crippen LogP contribution in [0.15, 0.2) is 77.8 Å². The second-order valence-corrected chi connectivity index (χ2v) is 8.51. The van der Waals surface area contributed by atoms with E-state index >= 15 is 0 Å². The molecule has 1 atom stereocenters. The number of rotatable bonds is 4. The summed E-state index contributed by atoms with van der Waals surface area (Å²) in [5.74, 6) is -0.440. The number of anilines is 1. The topological polar surface area (TPSA) is 53.0 Å². The predicted molar refractivity (Wildman–Crippen MR) is 127 cm³/mol. The van der Waals surface area contributed by atoms with Gasteiger partial charge in [0.1, 0.15) is 0 Å². The summed E-state index contributed by atoms with van der Waals surface area (Å²) in [5.41, 5.74) is 4.91. The van der Waals surface area contributed by atoms with Crippen molar-refractivity contribution in [3.63, 3.8) is 0 Å². The molecule has 2 amide bonds. The number of amides is 2. The van der Waals surface area contributed by atoms with Crippen molar-refractivity contribution in [3.8, 4) is 0 Å². The largest absolute Gasteiger partial charge is 0.369 e. The molecule has 5 nitrogen and oxygen atoms in total. The third kappa shape index (κ3) is 3.49. The van der Waals surface area contributed by atoms with E-state index in [2.05, 4.69) is 4.90 Å². The number of likely N-dealkylation sites (N-methyl/N-ethyl adjacent to an activating group) is 1. The van der Waals surface area contributed by atoms with Gasteiger partial charge in [0, 0.05) is 41.5 Å². The maximum atomic E-state index is 12.8. The summed E-state index contributed by atoms with van der Waals surface area (Å²) in [4.78, 5) is 34.0. The number of carbonyl (C=O) groups excluding carboxylic acids is 2. The Balaban J connectivity index is 1.43. The third-order valence-corrected chi connectivity index (χ3v) is 6.45. The highest BCUT2D eigenvalue weighted by Crippen LogP contribution is 2.31. The van der Waals surface area contributed by atoms with E-state index in [0.717, 1.165) is 22.5 Å². The first-order chi connectivity index (χ1) is 15.5. The van der Waals surface area contributed by atoms with Crippen LogP contribution in [-0.2, 0) is 0 Å². The van der Waals surface area contributed by atoms with E-state index in [1.165, 1.54) is 4.90 Å². The maximum Gasteiger partial charge on any atom is 0.261 e. The quantitative estimate of drug-likeness (QED) is 0.550. The van der Waals surface area contributed by atoms with Crippen LogP contribution in [0.25, 0.3) is 0 Å². The van der Waals surface area contributed by atoms with E-state index in [1.54, 1.807) is 24.3 Å². The van der Waals surface area contributed by atoms with Crippen LogP contribution in [-0.4, -0.2) is 48.6 Å². The van der Waals surface area contributed by atoms with Crippen molar-refractivity contribution in [2.45, 2.75) is 12.5 Å². The van der Waals surface area contributed by atoms with Crippen LogP contribution in [0.4, 0.5) is 5.69 Å². The van der Waals surface area contributed by atoms with Crippen molar-refractivity contribution in [1.82, 2.24) is 4.90 Å². The lowest BCUT2D eigenvalue weighted by atomic mass is 10.00. The molecule has 0 bridgehead atoms. The number of hydrogen-bond donors (Lipinski definition) is 0. The molecule has 3 aromatic rings. The number of fused-ring (bicyclic) bond motifs is 2. The number of benzene rings is 3. The molecular formula is C26H22ClN3O2. The zero-order valence-electron chi connectivity index (χ0n) is 17.7. The van der Waals surface area contributed by atoms with Gasteiger partial charge in [0.15, 0.2) is 0 Å². The summed E-state index contributed by atoms with van der Waals surface area (Å²) < 4.78 is 0. The average Bonchev–Trinajstić information content (AvgIpc) is 2.97. The second-order valence-electron chi connectivity index (χ2n) is 8.08. The number of imide groups is 1. The monoisotopic (exact) mass is 443 g/mol. The van der Waals surface area contributed by atoms with Crippen molar-refractivity contribution >= 4 is 34.8 Å². The van der Waals surface area contributed by atoms with Crippen LogP contribution in [0, 0.1) is 0 Å². The molecule has 2 heterocycles. The maximum absolute atomic E-state index is 12.8. The van der Waals surface area contributed by atoms with Crippen LogP contribution >= 0.6 is 11.6 Å². The van der Waals surface area contributed by atoms with Crippen LogP contribution in [0.5, 0.6) is 0 Å². The smallest absolute Gasteiger partial charge is 0.261 e. The molecule has 0 aliphatic carbocycles. The van der Waals surface area contributed by atoms with Crippen molar-refractivity contribution in [2.75, 3.05) is 25.0 Å². The van der Waals surface area contributed by atoms with Crippen molar-refractivity contribution in [1.29, 1.82) is 0 Å². The average molecular weight is 444 g/mol. The highest BCUT2D eigenvalue weighted by molar-refractivity contribution is 6.31. The Morgan fingerprint density at radius 1 is 0.906 bits per heavy atom. The first-order valence-corrected chi connectivity index (χ1v) is 11.0. The molecule has 0 aromatic heterocycles. The van der Waals surface area contributed by atoms with Crippen LogP contribution in [0.3, 0.4) is 0 Å². The minimum Gasteiger partial charge on any atom is -0.369 e. The highest BCUT2D eigenvalue weighted by atomic mass is 35.5. The zero-order chi connectivity index (χ0) is 22.2. The SMILES string of the molecule is CN1c2ccc(Cl)cc2C(c2ccccc2)=NCC1CCN1C(=O)c2ccccc2C1=O. The molecule has 0 saturated heterocycles. The molecule has 2 aliphatic heterocycles. The van der Waals surface area contributed by atoms with Crippen LogP contribution in [0.1, 0.15) is 38.3 Å². The lowest BCUT2D eigenvalue weighted by molar-refractivity contribution is 0.0650. The van der Waals surface area contributed by atoms with Gasteiger partial charge in [-0.3, -0.25) is 19.5 Å². The minimum atomic E-state index is -0.220. The number of halogens is 1. The molecule has 2 aliphatic rings. The highest BCUT2D eigenvalue weighted by Gasteiger charge is 2.35. The third-order valence-electron chi connectivity index (χ3n) is 6.21. The van der Waals surface area contributed by atoms with Gasteiger partial charge in [-0.2, -0.15) is 0 Å². The Hall–Kier alpha value is -3.44. The van der Waals surface area contributed by atoms with Gasteiger partial charge in [0.25, 0.3) is 11.8 Å². The zero-order valence-corrected chi connectivity index (χ0v) is 18.4. The fourth-order valence-corrected chi connectivity index (χ4v) is 4.63. The van der Waals surface area contributed by atoms with E-state index in [9.17, 15) is 9.59 Å². The molecule has 3 aromatic carbocycles. The van der Waals surface area contributed by atoms with Crippen molar-refractivity contribution in [3.05, 3.63) is 100 Å². The first-order valence-electron chi connectivity index (χ1n) is 10.6. The fourth-order valence-electron chi connectivity index (χ4n) is 4.45. The van der Waals surface area contributed by atoms with Gasteiger partial charge in [-0.15, -0.1) is 0 Å². The van der Waals surface area contributed by atoms with Gasteiger partial charge < -0.3 is 4.90 Å². The summed E-state index contributed by atoms with van der Waals surface area (Å²) in [6.45, 7) is 0.899. The fraction of sp³-hybridized carbons (Fsp3) is 0.192. The Bertz CT molecular complexity index is 1200. The van der Waals surface area contributed by atoms with Gasteiger partial charge in [0.2, 0.25) is 0 Å². The Labute approximate surface area is 191 Å². The molecule has 0 spiro atoms. The standard InChI is InChI=1S/C26H22ClN3O2/c1-29-19(13-14-30-25(31)20-9-5-6-10-21(20)26(30)32)16-28-24(17-7-3-2-4-8-17)22-15-18(27)11-12-23(22)29/h2-12,15,19H,13-14,16H2,1H3. The summed E-state index contributed by atoms with van der Waals surface area (Å²) in [6, 6.07) is 22.9. The normalized spacial score (nSPS) is 17.7. The first kappa shape index (κ1) is 20.5. The predicted octanol–water partition coefficient (Wildman–Crippen LogP) is 4.68. The van der Waals surface area contributed by atoms with E-state index in [1.807, 2.05) is 55.6 Å². The lowest BCUT2D eigenvalue weighted by Gasteiger charge is -2.30. The molecule has 32 heavy (non-hydrogen) atoms. The molecule has 0 N–H and O–H groups in total. The Morgan fingerprint density at radius 2 is 1.56 bits per heavy atom. The molecule has 0 radical (unpaired) electrons. The number of carbonyl (C=O) groups is 2. The van der Waals surface area contributed by atoms with Gasteiger partial charge >= 0.3 is 0 Å². The van der Waals surface area contributed by atoms with Crippen molar-refractivity contribution in [2.24, 2.45) is 4.99 Å². The van der Waals surface area contributed by atoms with Gasteiger partial charge in [-0.25, -0.2) is 0 Å². The molecular weight excluding hydrogens is 422 g/mol. The summed E-state index contributed by atoms with van der Waals surface area (Å²) in [7, 11) is 2.03. The molecule has 1 unspecified atom stereocenters. The molecule has 0 saturated carbocycles. The van der Waals surface area contributed by atoms with E-state index < -0.39 is 0 Å². The Kier molecular flexibility index (Phi) is 5.27. The van der Waals surface area contributed by atoms with E-state index in [-0.39, 0.29) is 17.9 Å². The van der Waals surface area contributed by atoms with Gasteiger partial charge in [-0.05, 0) is 36.8 Å². The summed E-state index contributed by atoms with van der Waals surface area (Å²) in [5, 5.41) is 0.658.